The normalized spacial score (nSPS) is 9.89. The molecule has 0 saturated carbocycles. The van der Waals surface area contributed by atoms with Crippen LogP contribution in [-0.2, 0) is 0 Å². The first-order valence-electron chi connectivity index (χ1n) is 4.99. The molecule has 4 nitrogen and oxygen atoms in total. The molecule has 92 valence electrons. The minimum absolute atomic E-state index is 0.339. The maximum atomic E-state index is 11.6. The van der Waals surface area contributed by atoms with Gasteiger partial charge in [0, 0.05) is 11.2 Å². The summed E-state index contributed by atoms with van der Waals surface area (Å²) in [5, 5.41) is 3.34. The predicted octanol–water partition coefficient (Wildman–Crippen LogP) is 4.00. The quantitative estimate of drug-likeness (QED) is 0.906. The molecule has 0 unspecified atom stereocenters. The van der Waals surface area contributed by atoms with Gasteiger partial charge in [-0.05, 0) is 30.3 Å². The van der Waals surface area contributed by atoms with Gasteiger partial charge in [-0.15, -0.1) is 0 Å². The Morgan fingerprint density at radius 3 is 2.78 bits per heavy atom. The van der Waals surface area contributed by atoms with E-state index in [0.29, 0.717) is 21.5 Å². The van der Waals surface area contributed by atoms with Crippen LogP contribution in [0.3, 0.4) is 0 Å². The summed E-state index contributed by atoms with van der Waals surface area (Å²) in [5.74, 6) is 0.347. The maximum Gasteiger partial charge on any atom is 0.417 e. The van der Waals surface area contributed by atoms with Crippen molar-refractivity contribution in [3.8, 4) is 5.75 Å². The lowest BCUT2D eigenvalue weighted by molar-refractivity contribution is 0.215. The fraction of sp³-hybridized carbons (Fsp3) is 0. The number of carbonyl (C=O) groups excluding carboxylic acids is 1. The van der Waals surface area contributed by atoms with E-state index in [4.69, 9.17) is 27.9 Å². The van der Waals surface area contributed by atoms with E-state index in [1.54, 1.807) is 30.5 Å². The fourth-order valence-electron chi connectivity index (χ4n) is 1.24. The topological polar surface area (TPSA) is 51.2 Å². The van der Waals surface area contributed by atoms with E-state index in [2.05, 4.69) is 10.3 Å². The molecule has 0 saturated heterocycles. The van der Waals surface area contributed by atoms with Gasteiger partial charge in [0.1, 0.15) is 0 Å². The second kappa shape index (κ2) is 5.71. The monoisotopic (exact) mass is 282 g/mol. The fourth-order valence-corrected chi connectivity index (χ4v) is 1.70. The Kier molecular flexibility index (Phi) is 4.02. The Labute approximate surface area is 114 Å². The van der Waals surface area contributed by atoms with Crippen LogP contribution in [0.15, 0.2) is 42.7 Å². The lowest BCUT2D eigenvalue weighted by Crippen LogP contribution is -2.16. The van der Waals surface area contributed by atoms with Crippen molar-refractivity contribution in [3.05, 3.63) is 52.8 Å². The van der Waals surface area contributed by atoms with E-state index in [1.807, 2.05) is 0 Å². The van der Waals surface area contributed by atoms with Crippen LogP contribution in [0.2, 0.25) is 10.0 Å². The number of amides is 1. The maximum absolute atomic E-state index is 11.6. The third-order valence-corrected chi connectivity index (χ3v) is 2.56. The van der Waals surface area contributed by atoms with Crippen LogP contribution in [0, 0.1) is 0 Å². The van der Waals surface area contributed by atoms with E-state index in [1.165, 1.54) is 12.3 Å². The molecular weight excluding hydrogens is 275 g/mol. The van der Waals surface area contributed by atoms with E-state index in [9.17, 15) is 4.79 Å². The molecule has 6 heteroatoms. The average Bonchev–Trinajstić information content (AvgIpc) is 2.34. The zero-order valence-electron chi connectivity index (χ0n) is 9.06. The Morgan fingerprint density at radius 1 is 1.28 bits per heavy atom. The molecule has 1 aromatic heterocycles. The minimum Gasteiger partial charge on any atom is -0.408 e. The van der Waals surface area contributed by atoms with Gasteiger partial charge in [0.2, 0.25) is 0 Å². The van der Waals surface area contributed by atoms with Gasteiger partial charge in [0.05, 0.1) is 16.9 Å². The van der Waals surface area contributed by atoms with Crippen molar-refractivity contribution in [2.45, 2.75) is 0 Å². The highest BCUT2D eigenvalue weighted by atomic mass is 35.5. The van der Waals surface area contributed by atoms with E-state index >= 15 is 0 Å². The first-order chi connectivity index (χ1) is 8.65. The van der Waals surface area contributed by atoms with Crippen molar-refractivity contribution in [3.63, 3.8) is 0 Å². The van der Waals surface area contributed by atoms with Gasteiger partial charge < -0.3 is 4.74 Å². The second-order valence-corrected chi connectivity index (χ2v) is 4.17. The first-order valence-corrected chi connectivity index (χ1v) is 5.74. The number of pyridine rings is 1. The van der Waals surface area contributed by atoms with Crippen molar-refractivity contribution in [2.75, 3.05) is 5.32 Å². The average molecular weight is 283 g/mol. The first kappa shape index (κ1) is 12.7. The van der Waals surface area contributed by atoms with Crippen molar-refractivity contribution >= 4 is 35.0 Å². The molecule has 2 rings (SSSR count). The van der Waals surface area contributed by atoms with Crippen LogP contribution >= 0.6 is 23.2 Å². The molecule has 1 heterocycles. The van der Waals surface area contributed by atoms with Crippen molar-refractivity contribution in [1.29, 1.82) is 0 Å². The number of carbonyl (C=O) groups is 1. The van der Waals surface area contributed by atoms with Gasteiger partial charge in [-0.25, -0.2) is 4.79 Å². The number of halogens is 2. The van der Waals surface area contributed by atoms with Crippen LogP contribution in [-0.4, -0.2) is 11.1 Å². The smallest absolute Gasteiger partial charge is 0.408 e. The van der Waals surface area contributed by atoms with E-state index in [-0.39, 0.29) is 0 Å². The number of benzene rings is 1. The molecule has 0 aliphatic heterocycles. The second-order valence-electron chi connectivity index (χ2n) is 3.33. The molecule has 0 atom stereocenters. The van der Waals surface area contributed by atoms with Crippen LogP contribution in [0.4, 0.5) is 10.5 Å². The standard InChI is InChI=1S/C12H8Cl2N2O2/c13-8-3-4-11(10(14)6-8)16-12(17)18-9-2-1-5-15-7-9/h1-7H,(H,16,17). The Morgan fingerprint density at radius 2 is 2.11 bits per heavy atom. The summed E-state index contributed by atoms with van der Waals surface area (Å²) in [6.45, 7) is 0. The Bertz CT molecular complexity index is 561. The molecule has 0 spiro atoms. The molecule has 2 aromatic rings. The van der Waals surface area contributed by atoms with Gasteiger partial charge in [-0.3, -0.25) is 10.3 Å². The van der Waals surface area contributed by atoms with E-state index < -0.39 is 6.09 Å². The van der Waals surface area contributed by atoms with Gasteiger partial charge in [0.15, 0.2) is 5.75 Å². The zero-order chi connectivity index (χ0) is 13.0. The van der Waals surface area contributed by atoms with Gasteiger partial charge in [-0.2, -0.15) is 0 Å². The summed E-state index contributed by atoms with van der Waals surface area (Å²) in [7, 11) is 0. The molecule has 0 fully saturated rings. The number of anilines is 1. The highest BCUT2D eigenvalue weighted by Gasteiger charge is 2.08. The molecule has 0 aliphatic carbocycles. The summed E-state index contributed by atoms with van der Waals surface area (Å²) in [6.07, 6.45) is 2.37. The molecule has 0 radical (unpaired) electrons. The molecule has 0 aliphatic rings. The number of rotatable bonds is 2. The lowest BCUT2D eigenvalue weighted by Gasteiger charge is -2.07. The summed E-state index contributed by atoms with van der Waals surface area (Å²) >= 11 is 11.7. The summed E-state index contributed by atoms with van der Waals surface area (Å²) in [4.78, 5) is 15.4. The number of aromatic nitrogens is 1. The highest BCUT2D eigenvalue weighted by Crippen LogP contribution is 2.25. The number of hydrogen-bond donors (Lipinski definition) is 1. The van der Waals surface area contributed by atoms with E-state index in [0.717, 1.165) is 0 Å². The lowest BCUT2D eigenvalue weighted by atomic mass is 10.3. The molecule has 0 bridgehead atoms. The van der Waals surface area contributed by atoms with Crippen molar-refractivity contribution in [2.24, 2.45) is 0 Å². The molecule has 1 amide bonds. The molecule has 18 heavy (non-hydrogen) atoms. The number of ether oxygens (including phenoxy) is 1. The van der Waals surface area contributed by atoms with Gasteiger partial charge in [-0.1, -0.05) is 23.2 Å². The number of nitrogens with zero attached hydrogens (tertiary/aromatic N) is 1. The van der Waals surface area contributed by atoms with Crippen LogP contribution in [0.25, 0.3) is 0 Å². The van der Waals surface area contributed by atoms with Crippen molar-refractivity contribution < 1.29 is 9.53 Å². The zero-order valence-corrected chi connectivity index (χ0v) is 10.6. The Balaban J connectivity index is 2.03. The summed E-state index contributed by atoms with van der Waals surface area (Å²) in [6, 6.07) is 8.03. The minimum atomic E-state index is -0.646. The largest absolute Gasteiger partial charge is 0.417 e. The molecule has 1 aromatic carbocycles. The summed E-state index contributed by atoms with van der Waals surface area (Å²) < 4.78 is 5.00. The third kappa shape index (κ3) is 3.35. The number of nitrogens with one attached hydrogen (secondary N) is 1. The predicted molar refractivity (Wildman–Crippen MR) is 70.3 cm³/mol. The molecule has 1 N–H and O–H groups in total. The highest BCUT2D eigenvalue weighted by molar-refractivity contribution is 6.36. The van der Waals surface area contributed by atoms with Gasteiger partial charge >= 0.3 is 6.09 Å². The van der Waals surface area contributed by atoms with Crippen LogP contribution < -0.4 is 10.1 Å². The third-order valence-electron chi connectivity index (χ3n) is 2.01. The Hall–Kier alpha value is -1.78. The number of hydrogen-bond acceptors (Lipinski definition) is 3. The SMILES string of the molecule is O=C(Nc1ccc(Cl)cc1Cl)Oc1cccnc1. The van der Waals surface area contributed by atoms with Gasteiger partial charge in [0.25, 0.3) is 0 Å². The summed E-state index contributed by atoms with van der Waals surface area (Å²) in [5.41, 5.74) is 0.426. The molecular formula is C12H8Cl2N2O2. The van der Waals surface area contributed by atoms with Crippen LogP contribution in [0.1, 0.15) is 0 Å². The van der Waals surface area contributed by atoms with Crippen molar-refractivity contribution in [1.82, 2.24) is 4.98 Å². The van der Waals surface area contributed by atoms with Crippen LogP contribution in [0.5, 0.6) is 5.75 Å².